The molecule has 0 aliphatic carbocycles. The van der Waals surface area contributed by atoms with Gasteiger partial charge in [0.1, 0.15) is 11.2 Å². The maximum absolute atomic E-state index is 12.2. The number of pyridine rings is 3. The van der Waals surface area contributed by atoms with E-state index in [9.17, 15) is 4.79 Å². The number of anilines is 1. The fourth-order valence-electron chi connectivity index (χ4n) is 4.26. The zero-order valence-corrected chi connectivity index (χ0v) is 20.5. The van der Waals surface area contributed by atoms with Gasteiger partial charge in [0.05, 0.1) is 64.9 Å². The number of carbonyl (C=O) groups excluding carboxylic acids is 1. The van der Waals surface area contributed by atoms with Gasteiger partial charge in [-0.2, -0.15) is 5.10 Å². The molecular formula is C26H24N10O. The summed E-state index contributed by atoms with van der Waals surface area (Å²) in [5, 5.41) is 11.3. The van der Waals surface area contributed by atoms with Crippen molar-refractivity contribution in [1.82, 2.24) is 44.7 Å². The molecule has 0 atom stereocenters. The van der Waals surface area contributed by atoms with Gasteiger partial charge >= 0.3 is 0 Å². The van der Waals surface area contributed by atoms with Gasteiger partial charge in [-0.1, -0.05) is 13.8 Å². The fourth-order valence-corrected chi connectivity index (χ4v) is 4.26. The van der Waals surface area contributed by atoms with E-state index in [-0.39, 0.29) is 11.8 Å². The van der Waals surface area contributed by atoms with Crippen molar-refractivity contribution in [2.75, 3.05) is 5.32 Å². The minimum Gasteiger partial charge on any atom is -0.335 e. The SMILES string of the molecule is Cc1cn(-c2cncc3[nH]c(-c4n[nH]c5cnc(-c6cncc(NC(=O)CC(C)C)c6)cc45)nc23)cn1. The van der Waals surface area contributed by atoms with E-state index >= 15 is 0 Å². The molecule has 11 heteroatoms. The summed E-state index contributed by atoms with van der Waals surface area (Å²) < 4.78 is 1.90. The highest BCUT2D eigenvalue weighted by Crippen LogP contribution is 2.30. The average Bonchev–Trinajstić information content (AvgIpc) is 3.60. The number of H-pyrrole nitrogens is 2. The van der Waals surface area contributed by atoms with E-state index in [4.69, 9.17) is 4.98 Å². The number of aromatic amines is 2. The van der Waals surface area contributed by atoms with Crippen LogP contribution in [0.4, 0.5) is 5.69 Å². The largest absolute Gasteiger partial charge is 0.335 e. The molecule has 1 amide bonds. The third-order valence-electron chi connectivity index (χ3n) is 5.95. The van der Waals surface area contributed by atoms with E-state index in [0.29, 0.717) is 29.3 Å². The fraction of sp³-hybridized carbons (Fsp3) is 0.192. The van der Waals surface area contributed by atoms with Crippen molar-refractivity contribution in [3.8, 4) is 28.5 Å². The molecular weight excluding hydrogens is 468 g/mol. The third-order valence-corrected chi connectivity index (χ3v) is 5.95. The van der Waals surface area contributed by atoms with Crippen molar-refractivity contribution >= 4 is 33.5 Å². The smallest absolute Gasteiger partial charge is 0.224 e. The average molecular weight is 493 g/mol. The van der Waals surface area contributed by atoms with Gasteiger partial charge in [0.2, 0.25) is 5.91 Å². The molecule has 0 bridgehead atoms. The monoisotopic (exact) mass is 492 g/mol. The quantitative estimate of drug-likeness (QED) is 0.312. The van der Waals surface area contributed by atoms with Crippen molar-refractivity contribution in [3.05, 3.63) is 61.3 Å². The predicted octanol–water partition coefficient (Wildman–Crippen LogP) is 4.44. The molecule has 0 aliphatic heterocycles. The minimum atomic E-state index is -0.0425. The van der Waals surface area contributed by atoms with Crippen molar-refractivity contribution in [2.24, 2.45) is 5.92 Å². The summed E-state index contributed by atoms with van der Waals surface area (Å²) in [5.74, 6) is 0.838. The molecule has 0 unspecified atom stereocenters. The highest BCUT2D eigenvalue weighted by Gasteiger charge is 2.17. The topological polar surface area (TPSA) is 143 Å². The molecule has 0 fully saturated rings. The summed E-state index contributed by atoms with van der Waals surface area (Å²) in [7, 11) is 0. The molecule has 11 nitrogen and oxygen atoms in total. The standard InChI is InChI=1S/C26H24N10O/c1-14(2)4-23(37)31-17-5-16(7-27-8-17)19-6-18-20(10-29-19)34-35-24(18)26-32-21-9-28-11-22(25(21)33-26)36-12-15(3)30-13-36/h5-14H,4H2,1-3H3,(H,31,37)(H,32,33)(H,34,35). The van der Waals surface area contributed by atoms with Crippen molar-refractivity contribution in [1.29, 1.82) is 0 Å². The molecule has 0 aliphatic rings. The van der Waals surface area contributed by atoms with E-state index in [1.165, 1.54) is 0 Å². The van der Waals surface area contributed by atoms with Crippen LogP contribution in [0.2, 0.25) is 0 Å². The van der Waals surface area contributed by atoms with Crippen LogP contribution in [0.3, 0.4) is 0 Å². The molecule has 0 aromatic carbocycles. The Hall–Kier alpha value is -4.93. The van der Waals surface area contributed by atoms with Gasteiger partial charge in [-0.05, 0) is 25.0 Å². The van der Waals surface area contributed by atoms with Gasteiger partial charge in [-0.25, -0.2) is 9.97 Å². The highest BCUT2D eigenvalue weighted by molar-refractivity contribution is 5.96. The summed E-state index contributed by atoms with van der Waals surface area (Å²) in [6.45, 7) is 5.95. The molecule has 0 saturated carbocycles. The maximum Gasteiger partial charge on any atom is 0.224 e. The van der Waals surface area contributed by atoms with Gasteiger partial charge in [0.15, 0.2) is 5.82 Å². The Morgan fingerprint density at radius 2 is 1.92 bits per heavy atom. The number of imidazole rings is 2. The Labute approximate surface area is 211 Å². The van der Waals surface area contributed by atoms with Crippen LogP contribution in [0.25, 0.3) is 50.4 Å². The summed E-state index contributed by atoms with van der Waals surface area (Å²) in [5.41, 5.74) is 6.84. The number of amides is 1. The first-order valence-corrected chi connectivity index (χ1v) is 11.9. The second kappa shape index (κ2) is 8.94. The lowest BCUT2D eigenvalue weighted by atomic mass is 10.1. The van der Waals surface area contributed by atoms with E-state index in [1.807, 2.05) is 43.7 Å². The predicted molar refractivity (Wildman–Crippen MR) is 140 cm³/mol. The van der Waals surface area contributed by atoms with E-state index in [2.05, 4.69) is 40.4 Å². The summed E-state index contributed by atoms with van der Waals surface area (Å²) in [6.07, 6.45) is 12.7. The van der Waals surface area contributed by atoms with E-state index < -0.39 is 0 Å². The molecule has 184 valence electrons. The zero-order chi connectivity index (χ0) is 25.5. The number of nitrogens with zero attached hydrogens (tertiary/aromatic N) is 7. The Morgan fingerprint density at radius 3 is 2.73 bits per heavy atom. The van der Waals surface area contributed by atoms with Gasteiger partial charge in [0, 0.05) is 29.8 Å². The Morgan fingerprint density at radius 1 is 1.05 bits per heavy atom. The van der Waals surface area contributed by atoms with Gasteiger partial charge in [0.25, 0.3) is 0 Å². The molecule has 0 radical (unpaired) electrons. The Bertz CT molecular complexity index is 1760. The van der Waals surface area contributed by atoms with Gasteiger partial charge in [-0.15, -0.1) is 0 Å². The minimum absolute atomic E-state index is 0.0425. The van der Waals surface area contributed by atoms with E-state index in [0.717, 1.165) is 38.9 Å². The lowest BCUT2D eigenvalue weighted by Gasteiger charge is -2.08. The molecule has 6 aromatic heterocycles. The van der Waals surface area contributed by atoms with Crippen LogP contribution >= 0.6 is 0 Å². The third kappa shape index (κ3) is 4.31. The number of aryl methyl sites for hydroxylation is 1. The normalized spacial score (nSPS) is 11.6. The number of fused-ring (bicyclic) bond motifs is 2. The highest BCUT2D eigenvalue weighted by atomic mass is 16.1. The molecule has 6 aromatic rings. The number of rotatable bonds is 6. The van der Waals surface area contributed by atoms with Crippen molar-refractivity contribution in [3.63, 3.8) is 0 Å². The second-order valence-corrected chi connectivity index (χ2v) is 9.36. The lowest BCUT2D eigenvalue weighted by Crippen LogP contribution is -2.13. The van der Waals surface area contributed by atoms with Gasteiger partial charge in [-0.3, -0.25) is 24.8 Å². The molecule has 0 spiro atoms. The Kier molecular flexibility index (Phi) is 5.44. The molecule has 6 rings (SSSR count). The van der Waals surface area contributed by atoms with Crippen LogP contribution in [-0.2, 0) is 4.79 Å². The van der Waals surface area contributed by atoms with Gasteiger partial charge < -0.3 is 14.9 Å². The number of nitrogens with one attached hydrogen (secondary N) is 3. The van der Waals surface area contributed by atoms with Crippen LogP contribution in [0.1, 0.15) is 26.0 Å². The first kappa shape index (κ1) is 22.5. The van der Waals surface area contributed by atoms with Crippen LogP contribution < -0.4 is 5.32 Å². The van der Waals surface area contributed by atoms with E-state index in [1.54, 1.807) is 37.3 Å². The molecule has 3 N–H and O–H groups in total. The summed E-state index contributed by atoms with van der Waals surface area (Å²) >= 11 is 0. The lowest BCUT2D eigenvalue weighted by molar-refractivity contribution is -0.116. The Balaban J connectivity index is 1.38. The van der Waals surface area contributed by atoms with Crippen LogP contribution in [0.15, 0.2) is 55.6 Å². The molecule has 37 heavy (non-hydrogen) atoms. The summed E-state index contributed by atoms with van der Waals surface area (Å²) in [6, 6.07) is 3.81. The maximum atomic E-state index is 12.2. The van der Waals surface area contributed by atoms with Crippen molar-refractivity contribution in [2.45, 2.75) is 27.2 Å². The summed E-state index contributed by atoms with van der Waals surface area (Å²) in [4.78, 5) is 38.0. The van der Waals surface area contributed by atoms with Crippen LogP contribution in [0, 0.1) is 12.8 Å². The molecule has 0 saturated heterocycles. The number of hydrogen-bond donors (Lipinski definition) is 3. The first-order chi connectivity index (χ1) is 17.9. The number of aromatic nitrogens is 9. The number of hydrogen-bond acceptors (Lipinski definition) is 7. The van der Waals surface area contributed by atoms with Crippen LogP contribution in [-0.4, -0.2) is 50.6 Å². The first-order valence-electron chi connectivity index (χ1n) is 11.9. The molecule has 6 heterocycles. The number of carbonyl (C=O) groups is 1. The van der Waals surface area contributed by atoms with Crippen molar-refractivity contribution < 1.29 is 4.79 Å². The van der Waals surface area contributed by atoms with Crippen LogP contribution in [0.5, 0.6) is 0 Å². The zero-order valence-electron chi connectivity index (χ0n) is 20.5. The second-order valence-electron chi connectivity index (χ2n) is 9.36.